The van der Waals surface area contributed by atoms with Crippen molar-refractivity contribution >= 4 is 22.9 Å². The molecule has 1 aromatic heterocycles. The summed E-state index contributed by atoms with van der Waals surface area (Å²) in [6, 6.07) is 4.82. The van der Waals surface area contributed by atoms with Crippen LogP contribution in [0, 0.1) is 5.92 Å². The smallest absolute Gasteiger partial charge is 0.408 e. The summed E-state index contributed by atoms with van der Waals surface area (Å²) in [5.41, 5.74) is 6.68. The highest BCUT2D eigenvalue weighted by Gasteiger charge is 2.26. The number of carbonyl (C=O) groups excluding carboxylic acids is 2. The number of piperidine rings is 1. The summed E-state index contributed by atoms with van der Waals surface area (Å²) in [5.74, 6) is -1.13. The van der Waals surface area contributed by atoms with Crippen molar-refractivity contribution in [1.82, 2.24) is 9.88 Å². The first-order valence-corrected chi connectivity index (χ1v) is 6.76. The molecule has 3 rings (SSSR count). The van der Waals surface area contributed by atoms with Gasteiger partial charge in [0.1, 0.15) is 0 Å². The number of H-pyrrole nitrogens is 1. The average Bonchev–Trinajstić information content (AvgIpc) is 2.85. The van der Waals surface area contributed by atoms with Gasteiger partial charge < -0.3 is 15.1 Å². The van der Waals surface area contributed by atoms with Crippen LogP contribution in [0.2, 0.25) is 0 Å². The normalized spacial score (nSPS) is 16.3. The number of amides is 2. The summed E-state index contributed by atoms with van der Waals surface area (Å²) in [5, 5.41) is 0. The summed E-state index contributed by atoms with van der Waals surface area (Å²) < 4.78 is 4.90. The third-order valence-electron chi connectivity index (χ3n) is 3.85. The van der Waals surface area contributed by atoms with Gasteiger partial charge in [-0.2, -0.15) is 0 Å². The van der Waals surface area contributed by atoms with Crippen molar-refractivity contribution in [3.05, 3.63) is 34.3 Å². The summed E-state index contributed by atoms with van der Waals surface area (Å²) in [7, 11) is 0. The van der Waals surface area contributed by atoms with E-state index in [0.717, 1.165) is 0 Å². The molecule has 21 heavy (non-hydrogen) atoms. The fourth-order valence-electron chi connectivity index (χ4n) is 2.63. The van der Waals surface area contributed by atoms with E-state index in [1.54, 1.807) is 23.1 Å². The molecule has 2 aromatic rings. The van der Waals surface area contributed by atoms with E-state index in [1.165, 1.54) is 0 Å². The number of nitrogens with two attached hydrogens (primary N) is 1. The van der Waals surface area contributed by atoms with Crippen molar-refractivity contribution in [3.63, 3.8) is 0 Å². The summed E-state index contributed by atoms with van der Waals surface area (Å²) in [6.07, 6.45) is 1.18. The van der Waals surface area contributed by atoms with Gasteiger partial charge in [-0.1, -0.05) is 0 Å². The number of aromatic amines is 1. The van der Waals surface area contributed by atoms with E-state index in [0.29, 0.717) is 42.6 Å². The number of benzene rings is 1. The summed E-state index contributed by atoms with van der Waals surface area (Å²) in [4.78, 5) is 38.9. The second-order valence-electron chi connectivity index (χ2n) is 5.19. The number of primary amides is 1. The van der Waals surface area contributed by atoms with Gasteiger partial charge in [0.15, 0.2) is 5.58 Å². The van der Waals surface area contributed by atoms with Gasteiger partial charge in [0, 0.05) is 24.6 Å². The number of fused-ring (bicyclic) bond motifs is 1. The van der Waals surface area contributed by atoms with Crippen molar-refractivity contribution in [2.75, 3.05) is 13.1 Å². The van der Waals surface area contributed by atoms with E-state index in [4.69, 9.17) is 10.2 Å². The maximum absolute atomic E-state index is 12.4. The minimum Gasteiger partial charge on any atom is -0.408 e. The van der Waals surface area contributed by atoms with Crippen LogP contribution in [0.4, 0.5) is 0 Å². The predicted molar refractivity (Wildman–Crippen MR) is 74.7 cm³/mol. The van der Waals surface area contributed by atoms with Gasteiger partial charge >= 0.3 is 5.76 Å². The first-order chi connectivity index (χ1) is 10.0. The maximum atomic E-state index is 12.4. The topological polar surface area (TPSA) is 109 Å². The Kier molecular flexibility index (Phi) is 3.25. The average molecular weight is 289 g/mol. The van der Waals surface area contributed by atoms with Crippen LogP contribution < -0.4 is 11.5 Å². The molecule has 3 N–H and O–H groups in total. The lowest BCUT2D eigenvalue weighted by molar-refractivity contribution is -0.123. The molecule has 0 atom stereocenters. The molecule has 0 bridgehead atoms. The van der Waals surface area contributed by atoms with E-state index in [1.807, 2.05) is 0 Å². The van der Waals surface area contributed by atoms with Crippen LogP contribution in [0.1, 0.15) is 23.2 Å². The second kappa shape index (κ2) is 5.08. The Bertz CT molecular complexity index is 753. The summed E-state index contributed by atoms with van der Waals surface area (Å²) >= 11 is 0. The van der Waals surface area contributed by atoms with Crippen LogP contribution in [0.25, 0.3) is 11.1 Å². The minimum atomic E-state index is -0.545. The number of nitrogens with zero attached hydrogens (tertiary/aromatic N) is 1. The first-order valence-electron chi connectivity index (χ1n) is 6.76. The molecule has 1 fully saturated rings. The van der Waals surface area contributed by atoms with Gasteiger partial charge in [0.2, 0.25) is 5.91 Å². The SMILES string of the molecule is NC(=O)C1CCN(C(=O)c2ccc3oc(=O)[nH]c3c2)CC1. The molecule has 0 spiro atoms. The van der Waals surface area contributed by atoms with Gasteiger partial charge in [-0.3, -0.25) is 14.6 Å². The zero-order valence-electron chi connectivity index (χ0n) is 11.3. The Morgan fingerprint density at radius 2 is 2.00 bits per heavy atom. The van der Waals surface area contributed by atoms with Gasteiger partial charge in [0.05, 0.1) is 5.52 Å². The van der Waals surface area contributed by atoms with Gasteiger partial charge in [-0.05, 0) is 31.0 Å². The number of rotatable bonds is 2. The third-order valence-corrected chi connectivity index (χ3v) is 3.85. The fraction of sp³-hybridized carbons (Fsp3) is 0.357. The van der Waals surface area contributed by atoms with E-state index < -0.39 is 5.76 Å². The zero-order chi connectivity index (χ0) is 15.0. The Labute approximate surface area is 119 Å². The number of likely N-dealkylation sites (tertiary alicyclic amines) is 1. The molecule has 7 nitrogen and oxygen atoms in total. The van der Waals surface area contributed by atoms with Crippen LogP contribution in [-0.4, -0.2) is 34.8 Å². The highest BCUT2D eigenvalue weighted by Crippen LogP contribution is 2.20. The van der Waals surface area contributed by atoms with Crippen LogP contribution >= 0.6 is 0 Å². The quantitative estimate of drug-likeness (QED) is 0.836. The van der Waals surface area contributed by atoms with E-state index in [2.05, 4.69) is 4.98 Å². The van der Waals surface area contributed by atoms with E-state index >= 15 is 0 Å². The Hall–Kier alpha value is -2.57. The highest BCUT2D eigenvalue weighted by atomic mass is 16.4. The highest BCUT2D eigenvalue weighted by molar-refractivity contribution is 5.97. The van der Waals surface area contributed by atoms with E-state index in [-0.39, 0.29) is 17.7 Å². The lowest BCUT2D eigenvalue weighted by atomic mass is 9.96. The summed E-state index contributed by atoms with van der Waals surface area (Å²) in [6.45, 7) is 1.01. The predicted octanol–water partition coefficient (Wildman–Crippen LogP) is 0.459. The molecular weight excluding hydrogens is 274 g/mol. The molecule has 1 saturated heterocycles. The first kappa shape index (κ1) is 13.4. The van der Waals surface area contributed by atoms with Gasteiger partial charge in [-0.15, -0.1) is 0 Å². The van der Waals surface area contributed by atoms with Crippen molar-refractivity contribution in [2.24, 2.45) is 11.7 Å². The lowest BCUT2D eigenvalue weighted by Gasteiger charge is -2.30. The number of oxazole rings is 1. The molecule has 110 valence electrons. The van der Waals surface area contributed by atoms with Crippen molar-refractivity contribution in [1.29, 1.82) is 0 Å². The number of hydrogen-bond donors (Lipinski definition) is 2. The van der Waals surface area contributed by atoms with Crippen LogP contribution in [0.5, 0.6) is 0 Å². The monoisotopic (exact) mass is 289 g/mol. The molecule has 2 amide bonds. The van der Waals surface area contributed by atoms with Crippen LogP contribution in [-0.2, 0) is 4.79 Å². The molecular formula is C14H15N3O4. The Balaban J connectivity index is 1.78. The zero-order valence-corrected chi connectivity index (χ0v) is 11.3. The van der Waals surface area contributed by atoms with Crippen molar-refractivity contribution < 1.29 is 14.0 Å². The second-order valence-corrected chi connectivity index (χ2v) is 5.19. The maximum Gasteiger partial charge on any atom is 0.417 e. The Morgan fingerprint density at radius 1 is 1.29 bits per heavy atom. The molecule has 0 unspecified atom stereocenters. The van der Waals surface area contributed by atoms with Crippen molar-refractivity contribution in [2.45, 2.75) is 12.8 Å². The molecule has 1 aliphatic heterocycles. The molecule has 1 aliphatic rings. The lowest BCUT2D eigenvalue weighted by Crippen LogP contribution is -2.41. The molecule has 0 radical (unpaired) electrons. The Morgan fingerprint density at radius 3 is 2.67 bits per heavy atom. The fourth-order valence-corrected chi connectivity index (χ4v) is 2.63. The van der Waals surface area contributed by atoms with Gasteiger partial charge in [0.25, 0.3) is 5.91 Å². The number of hydrogen-bond acceptors (Lipinski definition) is 4. The minimum absolute atomic E-state index is 0.123. The number of carbonyl (C=O) groups is 2. The van der Waals surface area contributed by atoms with E-state index in [9.17, 15) is 14.4 Å². The number of aromatic nitrogens is 1. The van der Waals surface area contributed by atoms with Crippen LogP contribution in [0.15, 0.2) is 27.4 Å². The van der Waals surface area contributed by atoms with Crippen LogP contribution in [0.3, 0.4) is 0 Å². The molecule has 7 heteroatoms. The number of nitrogens with one attached hydrogen (secondary N) is 1. The molecule has 2 heterocycles. The molecule has 1 aromatic carbocycles. The largest absolute Gasteiger partial charge is 0.417 e. The van der Waals surface area contributed by atoms with Crippen molar-refractivity contribution in [3.8, 4) is 0 Å². The molecule has 0 aliphatic carbocycles. The standard InChI is InChI=1S/C14H15N3O4/c15-12(18)8-3-5-17(6-4-8)13(19)9-1-2-11-10(7-9)16-14(20)21-11/h1-2,7-8H,3-6H2,(H2,15,18)(H,16,20). The third kappa shape index (κ3) is 2.54. The molecule has 0 saturated carbocycles. The van der Waals surface area contributed by atoms with Gasteiger partial charge in [-0.25, -0.2) is 4.79 Å².